The van der Waals surface area contributed by atoms with Gasteiger partial charge in [0.05, 0.1) is 30.9 Å². The molecule has 0 fully saturated rings. The van der Waals surface area contributed by atoms with Crippen LogP contribution in [0.5, 0.6) is 11.5 Å². The Bertz CT molecular complexity index is 1240. The van der Waals surface area contributed by atoms with Crippen LogP contribution in [-0.2, 0) is 9.53 Å². The number of hydrogen-bond acceptors (Lipinski definition) is 6. The first-order chi connectivity index (χ1) is 14.6. The van der Waals surface area contributed by atoms with Crippen LogP contribution >= 0.6 is 0 Å². The molecule has 0 spiro atoms. The van der Waals surface area contributed by atoms with Gasteiger partial charge in [-0.3, -0.25) is 9.78 Å². The van der Waals surface area contributed by atoms with E-state index in [9.17, 15) is 9.59 Å². The van der Waals surface area contributed by atoms with E-state index in [1.165, 1.54) is 7.11 Å². The molecule has 0 aliphatic carbocycles. The number of carbonyl (C=O) groups is 2. The highest BCUT2D eigenvalue weighted by atomic mass is 16.5. The van der Waals surface area contributed by atoms with Crippen molar-refractivity contribution < 1.29 is 23.8 Å². The minimum absolute atomic E-state index is 0.207. The number of nitrogens with zero attached hydrogens (tertiary/aromatic N) is 1. The minimum Gasteiger partial charge on any atom is -0.497 e. The van der Waals surface area contributed by atoms with Crippen LogP contribution in [0.2, 0.25) is 0 Å². The topological polar surface area (TPSA) is 103 Å². The summed E-state index contributed by atoms with van der Waals surface area (Å²) in [6.45, 7) is -0.425. The zero-order chi connectivity index (χ0) is 21.1. The molecule has 2 heterocycles. The number of aromatic amines is 1. The van der Waals surface area contributed by atoms with Gasteiger partial charge in [-0.05, 0) is 36.4 Å². The van der Waals surface area contributed by atoms with Crippen molar-refractivity contribution in [2.24, 2.45) is 0 Å². The summed E-state index contributed by atoms with van der Waals surface area (Å²) in [5, 5.41) is 4.28. The number of benzene rings is 2. The van der Waals surface area contributed by atoms with Gasteiger partial charge in [0.15, 0.2) is 6.61 Å². The number of hydrogen-bond donors (Lipinski definition) is 2. The molecule has 0 bridgehead atoms. The van der Waals surface area contributed by atoms with Crippen molar-refractivity contribution in [3.63, 3.8) is 0 Å². The third-order valence-corrected chi connectivity index (χ3v) is 4.60. The van der Waals surface area contributed by atoms with Gasteiger partial charge in [-0.25, -0.2) is 4.79 Å². The molecule has 0 saturated heterocycles. The van der Waals surface area contributed by atoms with Crippen LogP contribution in [0.3, 0.4) is 0 Å². The number of anilines is 1. The summed E-state index contributed by atoms with van der Waals surface area (Å²) < 4.78 is 15.7. The lowest BCUT2D eigenvalue weighted by atomic mass is 10.2. The number of ether oxygens (including phenoxy) is 3. The Morgan fingerprint density at radius 2 is 1.93 bits per heavy atom. The summed E-state index contributed by atoms with van der Waals surface area (Å²) in [6.07, 6.45) is 1.68. The molecule has 4 rings (SSSR count). The number of rotatable bonds is 6. The van der Waals surface area contributed by atoms with E-state index in [4.69, 9.17) is 14.2 Å². The molecule has 0 aliphatic rings. The molecule has 0 unspecified atom stereocenters. The van der Waals surface area contributed by atoms with Crippen LogP contribution in [0, 0.1) is 0 Å². The highest BCUT2D eigenvalue weighted by molar-refractivity contribution is 6.03. The molecule has 4 aromatic rings. The van der Waals surface area contributed by atoms with Crippen molar-refractivity contribution in [3.05, 3.63) is 60.4 Å². The van der Waals surface area contributed by atoms with Crippen LogP contribution in [0.4, 0.5) is 5.69 Å². The van der Waals surface area contributed by atoms with Crippen molar-refractivity contribution in [2.75, 3.05) is 26.1 Å². The van der Waals surface area contributed by atoms with Crippen molar-refractivity contribution in [1.82, 2.24) is 9.97 Å². The Morgan fingerprint density at radius 3 is 2.73 bits per heavy atom. The number of nitrogens with one attached hydrogen (secondary N) is 2. The summed E-state index contributed by atoms with van der Waals surface area (Å²) in [6, 6.07) is 14.2. The summed E-state index contributed by atoms with van der Waals surface area (Å²) in [4.78, 5) is 31.9. The van der Waals surface area contributed by atoms with E-state index in [2.05, 4.69) is 15.3 Å². The van der Waals surface area contributed by atoms with Gasteiger partial charge in [-0.15, -0.1) is 0 Å². The summed E-state index contributed by atoms with van der Waals surface area (Å²) in [5.41, 5.74) is 2.20. The Balaban J connectivity index is 1.46. The van der Waals surface area contributed by atoms with Crippen LogP contribution in [-0.4, -0.2) is 42.7 Å². The quantitative estimate of drug-likeness (QED) is 0.476. The fraction of sp³-hybridized carbons (Fsp3) is 0.136. The molecule has 2 aromatic heterocycles. The molecule has 0 atom stereocenters. The van der Waals surface area contributed by atoms with E-state index in [0.29, 0.717) is 22.7 Å². The summed E-state index contributed by atoms with van der Waals surface area (Å²) in [5.74, 6) is 0.0324. The lowest BCUT2D eigenvalue weighted by Gasteiger charge is -2.08. The third-order valence-electron chi connectivity index (χ3n) is 4.60. The number of esters is 1. The number of carbonyl (C=O) groups excluding carboxylic acids is 2. The summed E-state index contributed by atoms with van der Waals surface area (Å²) in [7, 11) is 3.08. The molecule has 0 radical (unpaired) electrons. The highest BCUT2D eigenvalue weighted by Gasteiger charge is 2.16. The van der Waals surface area contributed by atoms with Crippen molar-refractivity contribution in [1.29, 1.82) is 0 Å². The maximum absolute atomic E-state index is 12.4. The van der Waals surface area contributed by atoms with Crippen LogP contribution in [0.15, 0.2) is 54.7 Å². The van der Waals surface area contributed by atoms with Crippen molar-refractivity contribution >= 4 is 39.4 Å². The first kappa shape index (κ1) is 19.3. The number of methoxy groups -OCH3 is 2. The standard InChI is InChI=1S/C22H19N3O5/c1-28-14-9-13-10-18(25-21(13)19(11-14)29-2)22(27)30-12-20(26)24-17-7-3-6-16-15(17)5-4-8-23-16/h3-11,25H,12H2,1-2H3,(H,24,26). The zero-order valence-corrected chi connectivity index (χ0v) is 16.4. The molecule has 0 saturated carbocycles. The van der Waals surface area contributed by atoms with Crippen LogP contribution in [0.25, 0.3) is 21.8 Å². The normalized spacial score (nSPS) is 10.7. The first-order valence-corrected chi connectivity index (χ1v) is 9.14. The molecular weight excluding hydrogens is 386 g/mol. The molecule has 1 amide bonds. The summed E-state index contributed by atoms with van der Waals surface area (Å²) >= 11 is 0. The largest absolute Gasteiger partial charge is 0.497 e. The maximum Gasteiger partial charge on any atom is 0.355 e. The predicted molar refractivity (Wildman–Crippen MR) is 112 cm³/mol. The second-order valence-electron chi connectivity index (χ2n) is 6.48. The van der Waals surface area contributed by atoms with Gasteiger partial charge in [0.25, 0.3) is 5.91 Å². The Morgan fingerprint density at radius 1 is 1.07 bits per heavy atom. The van der Waals surface area contributed by atoms with Gasteiger partial charge in [0, 0.05) is 23.0 Å². The average Bonchev–Trinajstić information content (AvgIpc) is 3.21. The number of amides is 1. The fourth-order valence-corrected chi connectivity index (χ4v) is 3.18. The average molecular weight is 405 g/mol. The molecule has 2 N–H and O–H groups in total. The predicted octanol–water partition coefficient (Wildman–Crippen LogP) is 3.53. The third kappa shape index (κ3) is 3.75. The molecule has 8 nitrogen and oxygen atoms in total. The van der Waals surface area contributed by atoms with E-state index in [1.807, 2.05) is 12.1 Å². The van der Waals surface area contributed by atoms with E-state index >= 15 is 0 Å². The molecule has 8 heteroatoms. The van der Waals surface area contributed by atoms with Gasteiger partial charge in [-0.1, -0.05) is 6.07 Å². The smallest absolute Gasteiger partial charge is 0.355 e. The molecule has 152 valence electrons. The number of pyridine rings is 1. The van der Waals surface area contributed by atoms with Gasteiger partial charge in [0.2, 0.25) is 0 Å². The molecular formula is C22H19N3O5. The zero-order valence-electron chi connectivity index (χ0n) is 16.4. The second kappa shape index (κ2) is 8.12. The van der Waals surface area contributed by atoms with E-state index in [-0.39, 0.29) is 5.69 Å². The van der Waals surface area contributed by atoms with Gasteiger partial charge < -0.3 is 24.5 Å². The molecule has 0 aliphatic heterocycles. The highest BCUT2D eigenvalue weighted by Crippen LogP contribution is 2.31. The van der Waals surface area contributed by atoms with E-state index in [0.717, 1.165) is 16.3 Å². The minimum atomic E-state index is -0.651. The van der Waals surface area contributed by atoms with E-state index < -0.39 is 18.5 Å². The SMILES string of the molecule is COc1cc(OC)c2[nH]c(C(=O)OCC(=O)Nc3cccc4ncccc34)cc2c1. The second-order valence-corrected chi connectivity index (χ2v) is 6.48. The lowest BCUT2D eigenvalue weighted by Crippen LogP contribution is -2.21. The molecule has 30 heavy (non-hydrogen) atoms. The van der Waals surface area contributed by atoms with Crippen molar-refractivity contribution in [3.8, 4) is 11.5 Å². The van der Waals surface area contributed by atoms with Gasteiger partial charge in [0.1, 0.15) is 17.2 Å². The Labute approximate surface area is 171 Å². The fourth-order valence-electron chi connectivity index (χ4n) is 3.18. The monoisotopic (exact) mass is 405 g/mol. The van der Waals surface area contributed by atoms with Crippen molar-refractivity contribution in [2.45, 2.75) is 0 Å². The van der Waals surface area contributed by atoms with Gasteiger partial charge in [-0.2, -0.15) is 0 Å². The number of fused-ring (bicyclic) bond motifs is 2. The Kier molecular flexibility index (Phi) is 5.21. The maximum atomic E-state index is 12.4. The van der Waals surface area contributed by atoms with Crippen LogP contribution in [0.1, 0.15) is 10.5 Å². The van der Waals surface area contributed by atoms with Gasteiger partial charge >= 0.3 is 5.97 Å². The van der Waals surface area contributed by atoms with Crippen LogP contribution < -0.4 is 14.8 Å². The lowest BCUT2D eigenvalue weighted by molar-refractivity contribution is -0.119. The number of aromatic nitrogens is 2. The number of H-pyrrole nitrogens is 1. The van der Waals surface area contributed by atoms with E-state index in [1.54, 1.807) is 49.7 Å². The molecule has 2 aromatic carbocycles. The first-order valence-electron chi connectivity index (χ1n) is 9.14. The Hall–Kier alpha value is -4.07.